The fraction of sp³-hybridized carbons (Fsp3) is 0.263. The van der Waals surface area contributed by atoms with Crippen LogP contribution >= 0.6 is 11.3 Å². The molecule has 29 heavy (non-hydrogen) atoms. The van der Waals surface area contributed by atoms with Gasteiger partial charge >= 0.3 is 0 Å². The van der Waals surface area contributed by atoms with Gasteiger partial charge in [-0.2, -0.15) is 0 Å². The highest BCUT2D eigenvalue weighted by Gasteiger charge is 2.30. The number of carbonyl (C=O) groups excluding carboxylic acids is 1. The zero-order valence-corrected chi connectivity index (χ0v) is 17.2. The van der Waals surface area contributed by atoms with Gasteiger partial charge in [0.05, 0.1) is 12.8 Å². The van der Waals surface area contributed by atoms with E-state index in [1.807, 2.05) is 0 Å². The van der Waals surface area contributed by atoms with Crippen molar-refractivity contribution in [1.82, 2.24) is 9.88 Å². The fourth-order valence-electron chi connectivity index (χ4n) is 2.60. The molecule has 152 valence electrons. The molecule has 2 N–H and O–H groups in total. The van der Waals surface area contributed by atoms with E-state index in [-0.39, 0.29) is 22.6 Å². The first-order chi connectivity index (χ1) is 13.9. The van der Waals surface area contributed by atoms with Crippen LogP contribution in [0.4, 0.5) is 5.69 Å². The summed E-state index contributed by atoms with van der Waals surface area (Å²) in [6.45, 7) is 1.84. The Labute approximate surface area is 171 Å². The molecule has 0 aromatic carbocycles. The molecule has 0 bridgehead atoms. The first-order valence-electron chi connectivity index (χ1n) is 8.99. The van der Waals surface area contributed by atoms with Crippen molar-refractivity contribution in [3.63, 3.8) is 0 Å². The summed E-state index contributed by atoms with van der Waals surface area (Å²) in [5.74, 6) is 0.995. The van der Waals surface area contributed by atoms with Gasteiger partial charge < -0.3 is 14.3 Å². The molecule has 8 nitrogen and oxygen atoms in total. The molecule has 0 saturated heterocycles. The molecule has 3 aromatic rings. The van der Waals surface area contributed by atoms with Crippen molar-refractivity contribution in [2.75, 3.05) is 5.32 Å². The van der Waals surface area contributed by atoms with E-state index >= 15 is 0 Å². The number of aryl methyl sites for hydroxylation is 1. The van der Waals surface area contributed by atoms with Gasteiger partial charge in [0.25, 0.3) is 0 Å². The van der Waals surface area contributed by atoms with Gasteiger partial charge in [-0.05, 0) is 56.2 Å². The lowest BCUT2D eigenvalue weighted by Crippen LogP contribution is -2.22. The molecule has 1 amide bonds. The van der Waals surface area contributed by atoms with E-state index in [0.717, 1.165) is 29.1 Å². The summed E-state index contributed by atoms with van der Waals surface area (Å²) in [4.78, 5) is 12.7. The van der Waals surface area contributed by atoms with Gasteiger partial charge in [-0.15, -0.1) is 11.3 Å². The summed E-state index contributed by atoms with van der Waals surface area (Å²) in [7, 11) is -3.64. The summed E-state index contributed by atoms with van der Waals surface area (Å²) in [6.07, 6.45) is 6.69. The van der Waals surface area contributed by atoms with Gasteiger partial charge in [-0.1, -0.05) is 5.16 Å². The summed E-state index contributed by atoms with van der Waals surface area (Å²) in [5, 5.41) is 6.76. The standard InChI is InChI=1S/C19H19N3O5S2/c1-12-18(21-19(23)13-4-5-13)16(27-22-12)8-6-15-7-9-17(28-15)29(24,25)20-11-14-3-2-10-26-14/h2-3,6-10,13,20H,4-5,11H2,1H3,(H,21,23). The number of aromatic nitrogens is 1. The highest BCUT2D eigenvalue weighted by Crippen LogP contribution is 2.32. The van der Waals surface area contributed by atoms with Gasteiger partial charge in [0.2, 0.25) is 15.9 Å². The topological polar surface area (TPSA) is 114 Å². The van der Waals surface area contributed by atoms with Crippen LogP contribution in [0.1, 0.15) is 34.9 Å². The van der Waals surface area contributed by atoms with E-state index in [9.17, 15) is 13.2 Å². The molecule has 0 unspecified atom stereocenters. The predicted octanol–water partition coefficient (Wildman–Crippen LogP) is 3.63. The van der Waals surface area contributed by atoms with Crippen LogP contribution in [0.3, 0.4) is 0 Å². The SMILES string of the molecule is Cc1noc(C=Cc2ccc(S(=O)(=O)NCc3ccco3)s2)c1NC(=O)C1CC1. The molecular weight excluding hydrogens is 414 g/mol. The smallest absolute Gasteiger partial charge is 0.250 e. The van der Waals surface area contributed by atoms with Crippen LogP contribution in [0.25, 0.3) is 12.2 Å². The van der Waals surface area contributed by atoms with Crippen LogP contribution in [0.2, 0.25) is 0 Å². The molecule has 0 aliphatic heterocycles. The fourth-order valence-corrected chi connectivity index (χ4v) is 4.87. The lowest BCUT2D eigenvalue weighted by atomic mass is 10.2. The Kier molecular flexibility index (Phi) is 5.39. The summed E-state index contributed by atoms with van der Waals surface area (Å²) in [5.41, 5.74) is 1.14. The van der Waals surface area contributed by atoms with Crippen molar-refractivity contribution in [2.24, 2.45) is 5.92 Å². The van der Waals surface area contributed by atoms with Crippen molar-refractivity contribution < 1.29 is 22.2 Å². The number of nitrogens with one attached hydrogen (secondary N) is 2. The lowest BCUT2D eigenvalue weighted by molar-refractivity contribution is -0.117. The zero-order valence-electron chi connectivity index (χ0n) is 15.5. The molecule has 1 aliphatic rings. The Hall–Kier alpha value is -2.69. The van der Waals surface area contributed by atoms with Gasteiger partial charge in [0, 0.05) is 10.8 Å². The molecule has 1 saturated carbocycles. The van der Waals surface area contributed by atoms with Crippen molar-refractivity contribution >= 4 is 45.1 Å². The Morgan fingerprint density at radius 3 is 2.86 bits per heavy atom. The van der Waals surface area contributed by atoms with Gasteiger partial charge in [-0.3, -0.25) is 4.79 Å². The third-order valence-electron chi connectivity index (χ3n) is 4.37. The normalized spacial score (nSPS) is 14.5. The van der Waals surface area contributed by atoms with Gasteiger partial charge in [0.15, 0.2) is 5.76 Å². The lowest BCUT2D eigenvalue weighted by Gasteiger charge is -2.02. The van der Waals surface area contributed by atoms with E-state index < -0.39 is 10.0 Å². The quantitative estimate of drug-likeness (QED) is 0.561. The average Bonchev–Trinajstić information content (AvgIpc) is 3.07. The molecule has 4 rings (SSSR count). The van der Waals surface area contributed by atoms with Gasteiger partial charge in [0.1, 0.15) is 21.4 Å². The maximum absolute atomic E-state index is 12.4. The van der Waals surface area contributed by atoms with Crippen molar-refractivity contribution in [1.29, 1.82) is 0 Å². The van der Waals surface area contributed by atoms with Crippen LogP contribution in [0.5, 0.6) is 0 Å². The number of nitrogens with zero attached hydrogens (tertiary/aromatic N) is 1. The highest BCUT2D eigenvalue weighted by molar-refractivity contribution is 7.91. The third kappa shape index (κ3) is 4.66. The van der Waals surface area contributed by atoms with Crippen LogP contribution in [0.15, 0.2) is 43.7 Å². The molecule has 0 atom stereocenters. The highest BCUT2D eigenvalue weighted by atomic mass is 32.2. The second kappa shape index (κ2) is 7.97. The van der Waals surface area contributed by atoms with Crippen LogP contribution in [0, 0.1) is 12.8 Å². The Bertz CT molecular complexity index is 1140. The van der Waals surface area contributed by atoms with E-state index in [4.69, 9.17) is 8.94 Å². The minimum atomic E-state index is -3.64. The van der Waals surface area contributed by atoms with E-state index in [0.29, 0.717) is 22.9 Å². The molecular formula is C19H19N3O5S2. The number of amides is 1. The van der Waals surface area contributed by atoms with Crippen LogP contribution in [-0.4, -0.2) is 19.5 Å². The minimum absolute atomic E-state index is 0.0296. The number of furan rings is 1. The summed E-state index contributed by atoms with van der Waals surface area (Å²) < 4.78 is 38.0. The third-order valence-corrected chi connectivity index (χ3v) is 7.31. The molecule has 0 radical (unpaired) electrons. The average molecular weight is 434 g/mol. The number of hydrogen-bond donors (Lipinski definition) is 2. The largest absolute Gasteiger partial charge is 0.468 e. The van der Waals surface area contributed by atoms with Crippen LogP contribution < -0.4 is 10.0 Å². The van der Waals surface area contributed by atoms with Crippen molar-refractivity contribution in [3.8, 4) is 0 Å². The minimum Gasteiger partial charge on any atom is -0.468 e. The first-order valence-corrected chi connectivity index (χ1v) is 11.3. The number of anilines is 1. The van der Waals surface area contributed by atoms with Crippen molar-refractivity contribution in [2.45, 2.75) is 30.5 Å². The number of rotatable bonds is 8. The molecule has 10 heteroatoms. The first kappa shape index (κ1) is 19.6. The number of carbonyl (C=O) groups is 1. The molecule has 1 aliphatic carbocycles. The predicted molar refractivity (Wildman–Crippen MR) is 109 cm³/mol. The second-order valence-corrected chi connectivity index (χ2v) is 9.77. The zero-order chi connectivity index (χ0) is 20.4. The maximum Gasteiger partial charge on any atom is 0.250 e. The molecule has 1 fully saturated rings. The maximum atomic E-state index is 12.4. The van der Waals surface area contributed by atoms with Crippen LogP contribution in [-0.2, 0) is 21.4 Å². The van der Waals surface area contributed by atoms with E-state index in [1.165, 1.54) is 12.3 Å². The number of thiophene rings is 1. The van der Waals surface area contributed by atoms with E-state index in [1.54, 1.807) is 37.3 Å². The molecule has 3 aromatic heterocycles. The Morgan fingerprint density at radius 1 is 1.31 bits per heavy atom. The Morgan fingerprint density at radius 2 is 2.14 bits per heavy atom. The van der Waals surface area contributed by atoms with Gasteiger partial charge in [-0.25, -0.2) is 13.1 Å². The molecule has 0 spiro atoms. The molecule has 3 heterocycles. The van der Waals surface area contributed by atoms with Crippen molar-refractivity contribution in [3.05, 3.63) is 52.6 Å². The van der Waals surface area contributed by atoms with E-state index in [2.05, 4.69) is 15.2 Å². The number of sulfonamides is 1. The second-order valence-electron chi connectivity index (χ2n) is 6.66. The summed E-state index contributed by atoms with van der Waals surface area (Å²) >= 11 is 1.12. The monoisotopic (exact) mass is 433 g/mol. The number of hydrogen-bond acceptors (Lipinski definition) is 7. The summed E-state index contributed by atoms with van der Waals surface area (Å²) in [6, 6.07) is 6.64. The Balaban J connectivity index is 1.45.